The molecule has 1 fully saturated rings. The highest BCUT2D eigenvalue weighted by Gasteiger charge is 2.50. The molecule has 4 amide bonds. The van der Waals surface area contributed by atoms with Gasteiger partial charge in [-0.2, -0.15) is 0 Å². The highest BCUT2D eigenvalue weighted by molar-refractivity contribution is 6.10. The number of para-hydroxylation sites is 1. The van der Waals surface area contributed by atoms with E-state index in [4.69, 9.17) is 0 Å². The Morgan fingerprint density at radius 3 is 2.81 bits per heavy atom. The Balaban J connectivity index is 1.39. The lowest BCUT2D eigenvalue weighted by atomic mass is 9.91. The average molecular weight is 431 g/mol. The molecule has 10 heteroatoms. The summed E-state index contributed by atoms with van der Waals surface area (Å²) in [6.45, 7) is 1.87. The minimum absolute atomic E-state index is 0.285. The van der Waals surface area contributed by atoms with E-state index in [-0.39, 0.29) is 12.5 Å². The average Bonchev–Trinajstić information content (AvgIpc) is 3.43. The van der Waals surface area contributed by atoms with Crippen LogP contribution in [-0.4, -0.2) is 56.0 Å². The van der Waals surface area contributed by atoms with E-state index in [1.165, 1.54) is 11.0 Å². The van der Waals surface area contributed by atoms with Crippen LogP contribution in [0, 0.1) is 0 Å². The van der Waals surface area contributed by atoms with Crippen molar-refractivity contribution in [3.8, 4) is 5.69 Å². The predicted octanol–water partition coefficient (Wildman–Crippen LogP) is 1.41. The Bertz CT molecular complexity index is 1210. The largest absolute Gasteiger partial charge is 0.325 e. The molecule has 0 saturated carbocycles. The summed E-state index contributed by atoms with van der Waals surface area (Å²) in [5.41, 5.74) is 1.85. The topological polar surface area (TPSA) is 113 Å². The van der Waals surface area contributed by atoms with Crippen LogP contribution in [0.15, 0.2) is 54.9 Å². The molecule has 0 radical (unpaired) electrons. The van der Waals surface area contributed by atoms with Gasteiger partial charge in [-0.3, -0.25) is 14.5 Å². The summed E-state index contributed by atoms with van der Waals surface area (Å²) >= 11 is 0. The minimum atomic E-state index is -1.30. The molecule has 1 unspecified atom stereocenters. The first-order valence-corrected chi connectivity index (χ1v) is 10.3. The number of urea groups is 1. The first kappa shape index (κ1) is 19.9. The van der Waals surface area contributed by atoms with Crippen molar-refractivity contribution in [3.05, 3.63) is 66.0 Å². The Morgan fingerprint density at radius 2 is 2.00 bits per heavy atom. The Labute approximate surface area is 183 Å². The van der Waals surface area contributed by atoms with E-state index in [0.29, 0.717) is 17.8 Å². The lowest BCUT2D eigenvalue weighted by Crippen LogP contribution is -2.46. The number of aromatic nitrogens is 4. The Kier molecular flexibility index (Phi) is 4.69. The number of anilines is 1. The molecule has 0 spiro atoms. The van der Waals surface area contributed by atoms with Crippen LogP contribution in [0.1, 0.15) is 24.5 Å². The molecule has 10 nitrogen and oxygen atoms in total. The number of carbonyl (C=O) groups is 3. The normalized spacial score (nSPS) is 20.3. The first-order chi connectivity index (χ1) is 15.5. The molecule has 1 atom stereocenters. The number of rotatable bonds is 4. The molecule has 3 heterocycles. The van der Waals surface area contributed by atoms with Crippen LogP contribution in [0.25, 0.3) is 5.69 Å². The second-order valence-corrected chi connectivity index (χ2v) is 8.03. The number of aryl methyl sites for hydroxylation is 1. The zero-order valence-electron chi connectivity index (χ0n) is 17.4. The number of tetrazole rings is 1. The van der Waals surface area contributed by atoms with Crippen LogP contribution in [0.5, 0.6) is 0 Å². The van der Waals surface area contributed by atoms with E-state index in [0.717, 1.165) is 29.0 Å². The highest BCUT2D eigenvalue weighted by atomic mass is 16.2. The summed E-state index contributed by atoms with van der Waals surface area (Å²) in [6.07, 6.45) is 3.18. The second kappa shape index (κ2) is 7.56. The van der Waals surface area contributed by atoms with Crippen molar-refractivity contribution in [2.24, 2.45) is 0 Å². The molecular formula is C22H21N7O3. The van der Waals surface area contributed by atoms with E-state index < -0.39 is 17.5 Å². The van der Waals surface area contributed by atoms with Crippen molar-refractivity contribution >= 4 is 23.5 Å². The number of fused-ring (bicyclic) bond motifs is 1. The lowest BCUT2D eigenvalue weighted by molar-refractivity contribution is -0.134. The summed E-state index contributed by atoms with van der Waals surface area (Å²) in [7, 11) is 0. The summed E-state index contributed by atoms with van der Waals surface area (Å²) in [5, 5.41) is 13.9. The van der Waals surface area contributed by atoms with Crippen molar-refractivity contribution in [1.29, 1.82) is 0 Å². The monoisotopic (exact) mass is 431 g/mol. The number of amides is 4. The van der Waals surface area contributed by atoms with Crippen LogP contribution in [-0.2, 0) is 21.5 Å². The lowest BCUT2D eigenvalue weighted by Gasteiger charge is -2.30. The molecule has 5 rings (SSSR count). The highest BCUT2D eigenvalue weighted by Crippen LogP contribution is 2.31. The first-order valence-electron chi connectivity index (χ1n) is 10.3. The maximum absolute atomic E-state index is 13.3. The molecule has 162 valence electrons. The maximum Gasteiger partial charge on any atom is 0.325 e. The zero-order chi connectivity index (χ0) is 22.3. The van der Waals surface area contributed by atoms with Crippen LogP contribution in [0.4, 0.5) is 10.5 Å². The van der Waals surface area contributed by atoms with Crippen molar-refractivity contribution in [2.45, 2.75) is 25.3 Å². The summed E-state index contributed by atoms with van der Waals surface area (Å²) in [6, 6.07) is 14.2. The van der Waals surface area contributed by atoms with Gasteiger partial charge in [0.2, 0.25) is 5.91 Å². The van der Waals surface area contributed by atoms with Gasteiger partial charge in [-0.1, -0.05) is 30.3 Å². The molecule has 32 heavy (non-hydrogen) atoms. The van der Waals surface area contributed by atoms with Gasteiger partial charge in [0.15, 0.2) is 0 Å². The molecule has 1 saturated heterocycles. The quantitative estimate of drug-likeness (QED) is 0.625. The fraction of sp³-hybridized carbons (Fsp3) is 0.273. The van der Waals surface area contributed by atoms with Crippen molar-refractivity contribution in [3.63, 3.8) is 0 Å². The van der Waals surface area contributed by atoms with Crippen molar-refractivity contribution in [1.82, 2.24) is 30.4 Å². The van der Waals surface area contributed by atoms with Crippen molar-refractivity contribution in [2.75, 3.05) is 18.0 Å². The van der Waals surface area contributed by atoms with E-state index >= 15 is 0 Å². The van der Waals surface area contributed by atoms with E-state index in [9.17, 15) is 14.4 Å². The molecule has 2 aromatic carbocycles. The van der Waals surface area contributed by atoms with Crippen LogP contribution < -0.4 is 10.2 Å². The predicted molar refractivity (Wildman–Crippen MR) is 114 cm³/mol. The van der Waals surface area contributed by atoms with Gasteiger partial charge in [-0.15, -0.1) is 5.10 Å². The third kappa shape index (κ3) is 3.20. The van der Waals surface area contributed by atoms with Gasteiger partial charge in [0, 0.05) is 12.2 Å². The number of hydrogen-bond donors (Lipinski definition) is 1. The van der Waals surface area contributed by atoms with Gasteiger partial charge in [0.05, 0.1) is 5.69 Å². The van der Waals surface area contributed by atoms with Gasteiger partial charge < -0.3 is 10.2 Å². The number of hydrogen-bond acceptors (Lipinski definition) is 6. The van der Waals surface area contributed by atoms with Crippen molar-refractivity contribution < 1.29 is 14.4 Å². The van der Waals surface area contributed by atoms with E-state index in [1.807, 2.05) is 24.3 Å². The molecule has 2 aliphatic heterocycles. The number of imide groups is 1. The number of carbonyl (C=O) groups excluding carboxylic acids is 3. The standard InChI is InChI=1S/C22H21N7O3/c1-22(16-8-4-9-17(12-16)29-14-23-25-26-29)20(31)28(21(32)24-22)13-19(30)27-11-5-7-15-6-2-3-10-18(15)27/h2-4,6,8-10,12,14H,5,7,11,13H2,1H3,(H,24,32). The maximum atomic E-state index is 13.3. The molecule has 0 aliphatic carbocycles. The van der Waals surface area contributed by atoms with E-state index in [2.05, 4.69) is 20.8 Å². The van der Waals surface area contributed by atoms with Crippen LogP contribution in [0.2, 0.25) is 0 Å². The second-order valence-electron chi connectivity index (χ2n) is 8.03. The molecular weight excluding hydrogens is 410 g/mol. The zero-order valence-corrected chi connectivity index (χ0v) is 17.4. The smallest absolute Gasteiger partial charge is 0.319 e. The van der Waals surface area contributed by atoms with E-state index in [1.54, 1.807) is 36.1 Å². The fourth-order valence-corrected chi connectivity index (χ4v) is 4.29. The van der Waals surface area contributed by atoms with Gasteiger partial charge in [0.1, 0.15) is 18.4 Å². The third-order valence-electron chi connectivity index (χ3n) is 6.02. The third-order valence-corrected chi connectivity index (χ3v) is 6.02. The molecule has 2 aliphatic rings. The van der Waals surface area contributed by atoms with Gasteiger partial charge in [-0.05, 0) is 59.5 Å². The number of nitrogens with zero attached hydrogens (tertiary/aromatic N) is 6. The summed E-state index contributed by atoms with van der Waals surface area (Å²) < 4.78 is 1.46. The van der Waals surface area contributed by atoms with Gasteiger partial charge in [-0.25, -0.2) is 9.48 Å². The Hall–Kier alpha value is -4.08. The van der Waals surface area contributed by atoms with Crippen LogP contribution in [0.3, 0.4) is 0 Å². The van der Waals surface area contributed by atoms with Gasteiger partial charge >= 0.3 is 6.03 Å². The SMILES string of the molecule is CC1(c2cccc(-n3cnnn3)c2)NC(=O)N(CC(=O)N2CCCc3ccccc32)C1=O. The van der Waals surface area contributed by atoms with Gasteiger partial charge in [0.25, 0.3) is 5.91 Å². The number of nitrogens with one attached hydrogen (secondary N) is 1. The molecule has 3 aromatic rings. The molecule has 0 bridgehead atoms. The molecule has 1 aromatic heterocycles. The summed E-state index contributed by atoms with van der Waals surface area (Å²) in [5.74, 6) is -0.762. The number of benzene rings is 2. The van der Waals surface area contributed by atoms with Crippen LogP contribution >= 0.6 is 0 Å². The summed E-state index contributed by atoms with van der Waals surface area (Å²) in [4.78, 5) is 41.8. The fourth-order valence-electron chi connectivity index (χ4n) is 4.29. The minimum Gasteiger partial charge on any atom is -0.319 e. The molecule has 1 N–H and O–H groups in total. The Morgan fingerprint density at radius 1 is 1.16 bits per heavy atom.